The Morgan fingerprint density at radius 1 is 1.53 bits per heavy atom. The predicted molar refractivity (Wildman–Crippen MR) is 49.0 cm³/mol. The topological polar surface area (TPSA) is 55.8 Å². The third-order valence-corrected chi connectivity index (χ3v) is 2.18. The number of ether oxygens (including phenoxy) is 2. The van der Waals surface area contributed by atoms with E-state index in [1.165, 1.54) is 19.1 Å². The van der Waals surface area contributed by atoms with Gasteiger partial charge in [-0.3, -0.25) is 0 Å². The van der Waals surface area contributed by atoms with Gasteiger partial charge < -0.3 is 14.6 Å². The standard InChI is InChI=1S/C10H9FO4/c1-5(11)6-2-7(10(12)13)9-8(3-6)14-4-15-9/h2-3,5H,4H2,1H3,(H,12,13). The number of carbonyl (C=O) groups is 1. The van der Waals surface area contributed by atoms with Crippen LogP contribution in [-0.2, 0) is 0 Å². The number of hydrogen-bond acceptors (Lipinski definition) is 3. The van der Waals surface area contributed by atoms with Crippen LogP contribution in [0, 0.1) is 0 Å². The summed E-state index contributed by atoms with van der Waals surface area (Å²) < 4.78 is 23.1. The molecule has 1 aliphatic rings. The van der Waals surface area contributed by atoms with Crippen LogP contribution in [0.2, 0.25) is 0 Å². The molecule has 1 atom stereocenters. The highest BCUT2D eigenvalue weighted by atomic mass is 19.1. The third-order valence-electron chi connectivity index (χ3n) is 2.18. The summed E-state index contributed by atoms with van der Waals surface area (Å²) in [6, 6.07) is 2.72. The molecule has 0 spiro atoms. The minimum atomic E-state index is -1.24. The Morgan fingerprint density at radius 2 is 2.27 bits per heavy atom. The van der Waals surface area contributed by atoms with E-state index in [1.807, 2.05) is 0 Å². The van der Waals surface area contributed by atoms with Crippen LogP contribution in [0.5, 0.6) is 11.5 Å². The van der Waals surface area contributed by atoms with Gasteiger partial charge in [-0.05, 0) is 24.6 Å². The molecule has 4 nitrogen and oxygen atoms in total. The molecular weight excluding hydrogens is 203 g/mol. The van der Waals surface area contributed by atoms with Crippen molar-refractivity contribution in [3.8, 4) is 11.5 Å². The van der Waals surface area contributed by atoms with Crippen LogP contribution in [0.15, 0.2) is 12.1 Å². The van der Waals surface area contributed by atoms with E-state index in [2.05, 4.69) is 0 Å². The van der Waals surface area contributed by atoms with Gasteiger partial charge in [-0.15, -0.1) is 0 Å². The fourth-order valence-electron chi connectivity index (χ4n) is 1.42. The summed E-state index contributed by atoms with van der Waals surface area (Å²) in [5.41, 5.74) is 0.209. The molecule has 1 aliphatic heterocycles. The molecule has 0 bridgehead atoms. The van der Waals surface area contributed by atoms with E-state index in [9.17, 15) is 9.18 Å². The van der Waals surface area contributed by atoms with Crippen molar-refractivity contribution in [2.24, 2.45) is 0 Å². The maximum Gasteiger partial charge on any atom is 0.339 e. The van der Waals surface area contributed by atoms with Gasteiger partial charge in [0.15, 0.2) is 11.5 Å². The van der Waals surface area contributed by atoms with Gasteiger partial charge in [-0.2, -0.15) is 0 Å². The smallest absolute Gasteiger partial charge is 0.339 e. The lowest BCUT2D eigenvalue weighted by atomic mass is 10.1. The van der Waals surface area contributed by atoms with Gasteiger partial charge in [-0.1, -0.05) is 0 Å². The summed E-state index contributed by atoms with van der Waals surface area (Å²) in [5.74, 6) is -0.694. The summed E-state index contributed by atoms with van der Waals surface area (Å²) in [6.45, 7) is 1.31. The first-order valence-corrected chi connectivity index (χ1v) is 4.40. The zero-order chi connectivity index (χ0) is 11.0. The third kappa shape index (κ3) is 1.60. The summed E-state index contributed by atoms with van der Waals surface area (Å²) in [4.78, 5) is 10.9. The summed E-state index contributed by atoms with van der Waals surface area (Å²) in [6.07, 6.45) is -1.24. The molecule has 80 valence electrons. The average molecular weight is 212 g/mol. The van der Waals surface area contributed by atoms with Crippen LogP contribution in [0.1, 0.15) is 29.0 Å². The number of hydrogen-bond donors (Lipinski definition) is 1. The molecule has 0 aromatic heterocycles. The summed E-state index contributed by atoms with van der Waals surface area (Å²) in [5, 5.41) is 8.90. The first kappa shape index (κ1) is 9.76. The lowest BCUT2D eigenvalue weighted by Crippen LogP contribution is -2.01. The minimum absolute atomic E-state index is 0.0280. The maximum atomic E-state index is 13.1. The van der Waals surface area contributed by atoms with Crippen LogP contribution in [0.25, 0.3) is 0 Å². The van der Waals surface area contributed by atoms with Gasteiger partial charge in [0.2, 0.25) is 6.79 Å². The van der Waals surface area contributed by atoms with Crippen LogP contribution in [-0.4, -0.2) is 17.9 Å². The van der Waals surface area contributed by atoms with Crippen LogP contribution >= 0.6 is 0 Å². The maximum absolute atomic E-state index is 13.1. The second-order valence-corrected chi connectivity index (χ2v) is 3.22. The first-order valence-electron chi connectivity index (χ1n) is 4.40. The van der Waals surface area contributed by atoms with Crippen molar-refractivity contribution >= 4 is 5.97 Å². The highest BCUT2D eigenvalue weighted by molar-refractivity contribution is 5.92. The molecule has 1 aromatic carbocycles. The number of alkyl halides is 1. The Kier molecular flexibility index (Phi) is 2.22. The molecule has 0 amide bonds. The van der Waals surface area contributed by atoms with Crippen molar-refractivity contribution in [3.05, 3.63) is 23.3 Å². The first-order chi connectivity index (χ1) is 7.09. The normalized spacial score (nSPS) is 15.1. The molecule has 15 heavy (non-hydrogen) atoms. The Bertz CT molecular complexity index is 414. The van der Waals surface area contributed by atoms with Gasteiger partial charge in [0.05, 0.1) is 0 Å². The number of carboxylic acids is 1. The van der Waals surface area contributed by atoms with E-state index in [1.54, 1.807) is 0 Å². The minimum Gasteiger partial charge on any atom is -0.478 e. The SMILES string of the molecule is CC(F)c1cc2c(c(C(=O)O)c1)OCO2. The molecule has 1 heterocycles. The van der Waals surface area contributed by atoms with Crippen molar-refractivity contribution in [1.82, 2.24) is 0 Å². The number of halogens is 1. The van der Waals surface area contributed by atoms with Gasteiger partial charge >= 0.3 is 5.97 Å². The van der Waals surface area contributed by atoms with E-state index >= 15 is 0 Å². The van der Waals surface area contributed by atoms with E-state index < -0.39 is 12.1 Å². The molecule has 1 unspecified atom stereocenters. The molecule has 0 fully saturated rings. The fraction of sp³-hybridized carbons (Fsp3) is 0.300. The molecule has 1 aromatic rings. The van der Waals surface area contributed by atoms with Crippen molar-refractivity contribution in [2.45, 2.75) is 13.1 Å². The quantitative estimate of drug-likeness (QED) is 0.815. The zero-order valence-electron chi connectivity index (χ0n) is 7.99. The van der Waals surface area contributed by atoms with Crippen molar-refractivity contribution in [3.63, 3.8) is 0 Å². The van der Waals surface area contributed by atoms with Crippen molar-refractivity contribution in [2.75, 3.05) is 6.79 Å². The number of carboxylic acid groups (broad SMARTS) is 1. The number of benzene rings is 1. The highest BCUT2D eigenvalue weighted by Crippen LogP contribution is 2.38. The zero-order valence-corrected chi connectivity index (χ0v) is 7.99. The van der Waals surface area contributed by atoms with Crippen molar-refractivity contribution < 1.29 is 23.8 Å². The molecule has 0 saturated carbocycles. The summed E-state index contributed by atoms with van der Waals surface area (Å²) >= 11 is 0. The largest absolute Gasteiger partial charge is 0.478 e. The summed E-state index contributed by atoms with van der Waals surface area (Å²) in [7, 11) is 0. The molecule has 0 radical (unpaired) electrons. The van der Waals surface area contributed by atoms with Crippen LogP contribution < -0.4 is 9.47 Å². The Hall–Kier alpha value is -1.78. The van der Waals surface area contributed by atoms with E-state index in [0.717, 1.165) is 0 Å². The Morgan fingerprint density at radius 3 is 2.87 bits per heavy atom. The second kappa shape index (κ2) is 3.42. The lowest BCUT2D eigenvalue weighted by Gasteiger charge is -2.06. The van der Waals surface area contributed by atoms with Gasteiger partial charge in [0.25, 0.3) is 0 Å². The number of fused-ring (bicyclic) bond motifs is 1. The van der Waals surface area contributed by atoms with E-state index in [4.69, 9.17) is 14.6 Å². The molecule has 0 saturated heterocycles. The highest BCUT2D eigenvalue weighted by Gasteiger charge is 2.24. The monoisotopic (exact) mass is 212 g/mol. The molecule has 0 aliphatic carbocycles. The van der Waals surface area contributed by atoms with Gasteiger partial charge in [-0.25, -0.2) is 9.18 Å². The Labute approximate surface area is 85.2 Å². The molecule has 2 rings (SSSR count). The molecule has 5 heteroatoms. The van der Waals surface area contributed by atoms with E-state index in [0.29, 0.717) is 0 Å². The predicted octanol–water partition coefficient (Wildman–Crippen LogP) is 2.14. The number of aromatic carboxylic acids is 1. The lowest BCUT2D eigenvalue weighted by molar-refractivity contribution is 0.0692. The molecule has 1 N–H and O–H groups in total. The fourth-order valence-corrected chi connectivity index (χ4v) is 1.42. The number of rotatable bonds is 2. The van der Waals surface area contributed by atoms with Gasteiger partial charge in [0.1, 0.15) is 11.7 Å². The Balaban J connectivity index is 2.57. The molecular formula is C10H9FO4. The second-order valence-electron chi connectivity index (χ2n) is 3.22. The van der Waals surface area contributed by atoms with E-state index in [-0.39, 0.29) is 29.4 Å². The van der Waals surface area contributed by atoms with Crippen molar-refractivity contribution in [1.29, 1.82) is 0 Å². The van der Waals surface area contributed by atoms with Gasteiger partial charge in [0, 0.05) is 0 Å². The van der Waals surface area contributed by atoms with Crippen LogP contribution in [0.3, 0.4) is 0 Å². The average Bonchev–Trinajstić information content (AvgIpc) is 2.62. The van der Waals surface area contributed by atoms with Crippen LogP contribution in [0.4, 0.5) is 4.39 Å².